The number of nitrogen functional groups attached to an aromatic ring is 2. The van der Waals surface area contributed by atoms with Crippen molar-refractivity contribution < 1.29 is 22.0 Å². The van der Waals surface area contributed by atoms with Crippen LogP contribution in [0.1, 0.15) is 29.9 Å². The van der Waals surface area contributed by atoms with E-state index in [9.17, 15) is 32.0 Å². The second-order valence-corrected chi connectivity index (χ2v) is 7.61. The predicted molar refractivity (Wildman–Crippen MR) is 120 cm³/mol. The first-order chi connectivity index (χ1) is 16.9. The van der Waals surface area contributed by atoms with Gasteiger partial charge in [-0.2, -0.15) is 28.4 Å². The van der Waals surface area contributed by atoms with Gasteiger partial charge in [0.25, 0.3) is 5.56 Å². The standard InChI is InChI=1S/C22H15F5N8O/c1-9(31-18-13(8-28)17(29)33-21(30)34-18)19-32-15-4-2-3-14(24)16(15)20(36)35(19)12-6-10(22(25,26)27)5-11(23)7-12/h2-7,9H,1H3,(H5,29,30,31,33,34)/t9-/m0/s1. The molecular weight excluding hydrogens is 487 g/mol. The van der Waals surface area contributed by atoms with Crippen LogP contribution in [0.15, 0.2) is 41.2 Å². The van der Waals surface area contributed by atoms with Gasteiger partial charge in [0.1, 0.15) is 40.3 Å². The van der Waals surface area contributed by atoms with E-state index in [2.05, 4.69) is 20.3 Å². The van der Waals surface area contributed by atoms with E-state index in [0.29, 0.717) is 16.7 Å². The lowest BCUT2D eigenvalue weighted by atomic mass is 10.1. The molecule has 0 fully saturated rings. The van der Waals surface area contributed by atoms with E-state index in [1.54, 1.807) is 6.07 Å². The lowest BCUT2D eigenvalue weighted by Gasteiger charge is -2.21. The molecule has 5 N–H and O–H groups in total. The van der Waals surface area contributed by atoms with Gasteiger partial charge in [-0.15, -0.1) is 0 Å². The molecule has 2 aromatic carbocycles. The number of aromatic nitrogens is 4. The second-order valence-electron chi connectivity index (χ2n) is 7.61. The number of anilines is 3. The molecule has 0 amide bonds. The van der Waals surface area contributed by atoms with Crippen molar-refractivity contribution in [2.45, 2.75) is 19.1 Å². The predicted octanol–water partition coefficient (Wildman–Crippen LogP) is 3.68. The smallest absolute Gasteiger partial charge is 0.382 e. The van der Waals surface area contributed by atoms with Gasteiger partial charge in [-0.1, -0.05) is 6.07 Å². The van der Waals surface area contributed by atoms with Crippen LogP contribution in [-0.4, -0.2) is 19.5 Å². The third-order valence-electron chi connectivity index (χ3n) is 5.15. The van der Waals surface area contributed by atoms with Crippen molar-refractivity contribution in [1.82, 2.24) is 19.5 Å². The van der Waals surface area contributed by atoms with Crippen molar-refractivity contribution in [1.29, 1.82) is 5.26 Å². The molecule has 0 saturated carbocycles. The van der Waals surface area contributed by atoms with Crippen LogP contribution in [-0.2, 0) is 6.18 Å². The Morgan fingerprint density at radius 2 is 1.83 bits per heavy atom. The third-order valence-corrected chi connectivity index (χ3v) is 5.15. The number of nitrogens with one attached hydrogen (secondary N) is 1. The number of benzene rings is 2. The number of hydrogen-bond donors (Lipinski definition) is 3. The molecule has 2 aromatic heterocycles. The molecule has 0 aliphatic heterocycles. The van der Waals surface area contributed by atoms with E-state index in [-0.39, 0.29) is 40.6 Å². The molecule has 184 valence electrons. The average molecular weight is 502 g/mol. The molecule has 0 spiro atoms. The molecule has 0 aliphatic rings. The Hall–Kier alpha value is -4.80. The maximum atomic E-state index is 14.6. The fourth-order valence-electron chi connectivity index (χ4n) is 3.59. The quantitative estimate of drug-likeness (QED) is 0.358. The van der Waals surface area contributed by atoms with Gasteiger partial charge in [0.2, 0.25) is 5.95 Å². The van der Waals surface area contributed by atoms with Crippen molar-refractivity contribution in [2.24, 2.45) is 0 Å². The molecule has 9 nitrogen and oxygen atoms in total. The topological polar surface area (TPSA) is 149 Å². The highest BCUT2D eigenvalue weighted by Gasteiger charge is 2.32. The van der Waals surface area contributed by atoms with Crippen molar-refractivity contribution in [3.05, 3.63) is 75.3 Å². The van der Waals surface area contributed by atoms with Crippen LogP contribution in [0.3, 0.4) is 0 Å². The summed E-state index contributed by atoms with van der Waals surface area (Å²) < 4.78 is 69.6. The first kappa shape index (κ1) is 24.3. The van der Waals surface area contributed by atoms with E-state index in [0.717, 1.165) is 6.07 Å². The van der Waals surface area contributed by atoms with Gasteiger partial charge in [0.15, 0.2) is 5.82 Å². The molecule has 14 heteroatoms. The van der Waals surface area contributed by atoms with Crippen molar-refractivity contribution >= 4 is 28.5 Å². The summed E-state index contributed by atoms with van der Waals surface area (Å²) in [5, 5.41) is 11.7. The van der Waals surface area contributed by atoms with Crippen LogP contribution in [0.4, 0.5) is 39.5 Å². The minimum Gasteiger partial charge on any atom is -0.382 e. The zero-order valence-electron chi connectivity index (χ0n) is 18.2. The van der Waals surface area contributed by atoms with Gasteiger partial charge in [0, 0.05) is 0 Å². The summed E-state index contributed by atoms with van der Waals surface area (Å²) in [5.41, 5.74) is 8.01. The number of rotatable bonds is 4. The molecule has 0 aliphatic carbocycles. The highest BCUT2D eigenvalue weighted by molar-refractivity contribution is 5.79. The Bertz CT molecular complexity index is 1610. The monoisotopic (exact) mass is 502 g/mol. The molecule has 4 rings (SSSR count). The van der Waals surface area contributed by atoms with Crippen LogP contribution >= 0.6 is 0 Å². The number of nitrogens with zero attached hydrogens (tertiary/aromatic N) is 5. The second kappa shape index (κ2) is 8.77. The van der Waals surface area contributed by atoms with Crippen molar-refractivity contribution in [2.75, 3.05) is 16.8 Å². The van der Waals surface area contributed by atoms with Crippen LogP contribution in [0.25, 0.3) is 16.6 Å². The largest absolute Gasteiger partial charge is 0.416 e. The Morgan fingerprint density at radius 3 is 2.50 bits per heavy atom. The lowest BCUT2D eigenvalue weighted by molar-refractivity contribution is -0.137. The molecule has 4 aromatic rings. The average Bonchev–Trinajstić information content (AvgIpc) is 2.77. The number of nitrogens with two attached hydrogens (primary N) is 2. The minimum atomic E-state index is -4.93. The van der Waals surface area contributed by atoms with Crippen LogP contribution in [0.5, 0.6) is 0 Å². The molecule has 0 unspecified atom stereocenters. The maximum absolute atomic E-state index is 14.6. The molecule has 0 saturated heterocycles. The van der Waals surface area contributed by atoms with Crippen molar-refractivity contribution in [3.63, 3.8) is 0 Å². The van der Waals surface area contributed by atoms with E-state index in [1.807, 2.05) is 0 Å². The number of fused-ring (bicyclic) bond motifs is 1. The molecular formula is C22H15F5N8O. The van der Waals surface area contributed by atoms with E-state index in [4.69, 9.17) is 11.5 Å². The molecule has 1 atom stereocenters. The number of hydrogen-bond acceptors (Lipinski definition) is 8. The molecule has 2 heterocycles. The van der Waals surface area contributed by atoms with Gasteiger partial charge in [-0.05, 0) is 37.3 Å². The van der Waals surface area contributed by atoms with E-state index >= 15 is 0 Å². The third kappa shape index (κ3) is 4.33. The highest BCUT2D eigenvalue weighted by Crippen LogP contribution is 2.32. The first-order valence-corrected chi connectivity index (χ1v) is 10.1. The summed E-state index contributed by atoms with van der Waals surface area (Å²) in [4.78, 5) is 25.2. The fourth-order valence-corrected chi connectivity index (χ4v) is 3.59. The minimum absolute atomic E-state index is 0.102. The first-order valence-electron chi connectivity index (χ1n) is 10.1. The van der Waals surface area contributed by atoms with Gasteiger partial charge in [-0.3, -0.25) is 9.36 Å². The summed E-state index contributed by atoms with van der Waals surface area (Å²) in [6, 6.07) is 5.81. The van der Waals surface area contributed by atoms with Crippen LogP contribution in [0.2, 0.25) is 0 Å². The summed E-state index contributed by atoms with van der Waals surface area (Å²) in [6.45, 7) is 1.43. The summed E-state index contributed by atoms with van der Waals surface area (Å²) >= 11 is 0. The van der Waals surface area contributed by atoms with E-state index < -0.39 is 46.0 Å². The Balaban J connectivity index is 2.00. The van der Waals surface area contributed by atoms with Crippen LogP contribution < -0.4 is 22.3 Å². The molecule has 0 radical (unpaired) electrons. The van der Waals surface area contributed by atoms with Gasteiger partial charge in [0.05, 0.1) is 22.8 Å². The SMILES string of the molecule is C[C@H](Nc1nc(N)nc(N)c1C#N)c1nc2cccc(F)c2c(=O)n1-c1cc(F)cc(C(F)(F)F)c1. The van der Waals surface area contributed by atoms with Gasteiger partial charge >= 0.3 is 6.18 Å². The van der Waals surface area contributed by atoms with Gasteiger partial charge in [-0.25, -0.2) is 13.8 Å². The van der Waals surface area contributed by atoms with Crippen molar-refractivity contribution in [3.8, 4) is 11.8 Å². The summed E-state index contributed by atoms with van der Waals surface area (Å²) in [5.74, 6) is -3.17. The zero-order chi connectivity index (χ0) is 26.4. The maximum Gasteiger partial charge on any atom is 0.416 e. The normalized spacial score (nSPS) is 12.4. The summed E-state index contributed by atoms with van der Waals surface area (Å²) in [7, 11) is 0. The highest BCUT2D eigenvalue weighted by atomic mass is 19.4. The molecule has 36 heavy (non-hydrogen) atoms. The number of nitriles is 1. The zero-order valence-corrected chi connectivity index (χ0v) is 18.2. The van der Waals surface area contributed by atoms with Gasteiger partial charge < -0.3 is 16.8 Å². The van der Waals surface area contributed by atoms with Crippen LogP contribution in [0, 0.1) is 23.0 Å². The Kier molecular flexibility index (Phi) is 5.92. The molecule has 0 bridgehead atoms. The summed E-state index contributed by atoms with van der Waals surface area (Å²) in [6.07, 6.45) is -4.93. The lowest BCUT2D eigenvalue weighted by Crippen LogP contribution is -2.28. The Morgan fingerprint density at radius 1 is 1.11 bits per heavy atom. The van der Waals surface area contributed by atoms with E-state index in [1.165, 1.54) is 19.1 Å². The number of halogens is 5. The Labute approximate surface area is 198 Å². The fraction of sp³-hybridized carbons (Fsp3) is 0.136. The number of alkyl halides is 3.